The van der Waals surface area contributed by atoms with Gasteiger partial charge in [0.2, 0.25) is 5.91 Å². The highest BCUT2D eigenvalue weighted by atomic mass is 16.4. The van der Waals surface area contributed by atoms with Crippen LogP contribution in [0.3, 0.4) is 0 Å². The number of primary amides is 1. The molecule has 0 radical (unpaired) electrons. The smallest absolute Gasteiger partial charge is 0.318 e. The van der Waals surface area contributed by atoms with E-state index in [1.54, 1.807) is 13.8 Å². The molecule has 0 bridgehead atoms. The minimum absolute atomic E-state index is 0.137. The minimum atomic E-state index is -0.968. The number of nitrogens with zero attached hydrogens (tertiary/aromatic N) is 1. The molecule has 4 N–H and O–H groups in total. The van der Waals surface area contributed by atoms with Crippen LogP contribution in [-0.4, -0.2) is 46.5 Å². The van der Waals surface area contributed by atoms with Crippen LogP contribution in [0.5, 0.6) is 0 Å². The van der Waals surface area contributed by atoms with Crippen molar-refractivity contribution >= 4 is 17.9 Å². The third-order valence-corrected chi connectivity index (χ3v) is 2.60. The second kappa shape index (κ2) is 8.34. The lowest BCUT2D eigenvalue weighted by molar-refractivity contribution is -0.137. The number of rotatable bonds is 8. The summed E-state index contributed by atoms with van der Waals surface area (Å²) < 4.78 is 0. The summed E-state index contributed by atoms with van der Waals surface area (Å²) in [6.07, 6.45) is 1.19. The highest BCUT2D eigenvalue weighted by molar-refractivity contribution is 5.83. The number of nitrogens with two attached hydrogens (primary N) is 1. The van der Waals surface area contributed by atoms with Gasteiger partial charge in [-0.15, -0.1) is 0 Å². The van der Waals surface area contributed by atoms with Gasteiger partial charge in [0.25, 0.3) is 0 Å². The van der Waals surface area contributed by atoms with Crippen molar-refractivity contribution in [2.24, 2.45) is 5.73 Å². The van der Waals surface area contributed by atoms with E-state index in [2.05, 4.69) is 5.32 Å². The molecule has 0 aliphatic rings. The number of hydrogen-bond acceptors (Lipinski definition) is 3. The van der Waals surface area contributed by atoms with E-state index in [9.17, 15) is 14.4 Å². The van der Waals surface area contributed by atoms with Crippen LogP contribution in [0.1, 0.15) is 40.0 Å². The number of carboxylic acids is 1. The van der Waals surface area contributed by atoms with Gasteiger partial charge in [0.05, 0.1) is 6.42 Å². The van der Waals surface area contributed by atoms with Crippen LogP contribution in [0.4, 0.5) is 4.79 Å². The van der Waals surface area contributed by atoms with Crippen LogP contribution >= 0.6 is 0 Å². The van der Waals surface area contributed by atoms with Gasteiger partial charge in [0, 0.05) is 12.1 Å². The zero-order valence-corrected chi connectivity index (χ0v) is 11.7. The first kappa shape index (κ1) is 17.2. The van der Waals surface area contributed by atoms with Crippen LogP contribution in [0.25, 0.3) is 0 Å². The SMILES string of the molecule is CCCC(CC(=O)O)NC(=O)N(CC(N)=O)C(C)C. The van der Waals surface area contributed by atoms with Crippen molar-refractivity contribution in [2.75, 3.05) is 6.54 Å². The molecule has 0 saturated carbocycles. The van der Waals surface area contributed by atoms with Crippen LogP contribution in [0, 0.1) is 0 Å². The molecule has 0 aromatic carbocycles. The fourth-order valence-electron chi connectivity index (χ4n) is 1.70. The number of hydrogen-bond donors (Lipinski definition) is 3. The lowest BCUT2D eigenvalue weighted by Crippen LogP contribution is -2.50. The molecular weight excluding hydrogens is 250 g/mol. The molecule has 1 unspecified atom stereocenters. The molecule has 0 aromatic heterocycles. The average molecular weight is 273 g/mol. The number of amides is 3. The first-order valence-corrected chi connectivity index (χ1v) is 6.35. The van der Waals surface area contributed by atoms with E-state index in [1.165, 1.54) is 4.90 Å². The summed E-state index contributed by atoms with van der Waals surface area (Å²) in [5, 5.41) is 11.4. The van der Waals surface area contributed by atoms with Gasteiger partial charge in [-0.2, -0.15) is 0 Å². The van der Waals surface area contributed by atoms with Gasteiger partial charge in [-0.25, -0.2) is 4.79 Å². The molecule has 0 aromatic rings. The summed E-state index contributed by atoms with van der Waals surface area (Å²) in [5.74, 6) is -1.57. The molecule has 0 heterocycles. The monoisotopic (exact) mass is 273 g/mol. The lowest BCUT2D eigenvalue weighted by atomic mass is 10.1. The maximum atomic E-state index is 12.0. The van der Waals surface area contributed by atoms with Gasteiger partial charge in [0.1, 0.15) is 6.54 Å². The fourth-order valence-corrected chi connectivity index (χ4v) is 1.70. The number of carboxylic acid groups (broad SMARTS) is 1. The van der Waals surface area contributed by atoms with Crippen molar-refractivity contribution in [2.45, 2.75) is 52.1 Å². The number of carbonyl (C=O) groups is 3. The van der Waals surface area contributed by atoms with Crippen molar-refractivity contribution in [1.82, 2.24) is 10.2 Å². The normalized spacial score (nSPS) is 12.0. The van der Waals surface area contributed by atoms with Crippen molar-refractivity contribution in [3.8, 4) is 0 Å². The molecule has 0 aliphatic carbocycles. The Labute approximate surface area is 113 Å². The van der Waals surface area contributed by atoms with E-state index in [0.29, 0.717) is 6.42 Å². The summed E-state index contributed by atoms with van der Waals surface area (Å²) in [6, 6.07) is -1.10. The van der Waals surface area contributed by atoms with Crippen molar-refractivity contribution < 1.29 is 19.5 Å². The van der Waals surface area contributed by atoms with Gasteiger partial charge in [-0.05, 0) is 20.3 Å². The third-order valence-electron chi connectivity index (χ3n) is 2.60. The molecule has 0 fully saturated rings. The van der Waals surface area contributed by atoms with E-state index in [4.69, 9.17) is 10.8 Å². The standard InChI is InChI=1S/C12H23N3O4/c1-4-5-9(6-11(17)18)14-12(19)15(8(2)3)7-10(13)16/h8-9H,4-7H2,1-3H3,(H2,13,16)(H,14,19)(H,17,18). The maximum Gasteiger partial charge on any atom is 0.318 e. The largest absolute Gasteiger partial charge is 0.481 e. The molecule has 3 amide bonds. The molecule has 1 atom stereocenters. The summed E-state index contributed by atoms with van der Waals surface area (Å²) in [4.78, 5) is 34.9. The average Bonchev–Trinajstić information content (AvgIpc) is 2.24. The van der Waals surface area contributed by atoms with E-state index < -0.39 is 23.9 Å². The third kappa shape index (κ3) is 7.28. The Morgan fingerprint density at radius 2 is 1.89 bits per heavy atom. The van der Waals surface area contributed by atoms with E-state index >= 15 is 0 Å². The van der Waals surface area contributed by atoms with Gasteiger partial charge in [-0.3, -0.25) is 9.59 Å². The predicted octanol–water partition coefficient (Wildman–Crippen LogP) is 0.535. The molecule has 19 heavy (non-hydrogen) atoms. The second-order valence-corrected chi connectivity index (χ2v) is 4.72. The van der Waals surface area contributed by atoms with Crippen molar-refractivity contribution in [3.63, 3.8) is 0 Å². The predicted molar refractivity (Wildman–Crippen MR) is 70.5 cm³/mol. The highest BCUT2D eigenvalue weighted by Gasteiger charge is 2.22. The Kier molecular flexibility index (Phi) is 7.55. The van der Waals surface area contributed by atoms with Crippen LogP contribution < -0.4 is 11.1 Å². The molecule has 0 spiro atoms. The Hall–Kier alpha value is -1.79. The molecule has 0 aliphatic heterocycles. The zero-order chi connectivity index (χ0) is 15.0. The van der Waals surface area contributed by atoms with Crippen LogP contribution in [0.15, 0.2) is 0 Å². The van der Waals surface area contributed by atoms with Gasteiger partial charge < -0.3 is 21.1 Å². The quantitative estimate of drug-likeness (QED) is 0.598. The Morgan fingerprint density at radius 3 is 2.26 bits per heavy atom. The van der Waals surface area contributed by atoms with Crippen molar-refractivity contribution in [1.29, 1.82) is 0 Å². The van der Waals surface area contributed by atoms with Gasteiger partial charge in [-0.1, -0.05) is 13.3 Å². The van der Waals surface area contributed by atoms with Gasteiger partial charge >= 0.3 is 12.0 Å². The first-order chi connectivity index (χ1) is 8.77. The summed E-state index contributed by atoms with van der Waals surface area (Å²) in [6.45, 7) is 5.24. The van der Waals surface area contributed by atoms with Crippen molar-refractivity contribution in [3.05, 3.63) is 0 Å². The summed E-state index contributed by atoms with van der Waals surface area (Å²) in [7, 11) is 0. The maximum absolute atomic E-state index is 12.0. The second-order valence-electron chi connectivity index (χ2n) is 4.72. The molecule has 110 valence electrons. The molecule has 0 saturated heterocycles. The molecule has 0 rings (SSSR count). The minimum Gasteiger partial charge on any atom is -0.481 e. The summed E-state index contributed by atoms with van der Waals surface area (Å²) in [5.41, 5.74) is 5.08. The zero-order valence-electron chi connectivity index (χ0n) is 11.7. The van der Waals surface area contributed by atoms with E-state index in [1.807, 2.05) is 6.92 Å². The number of urea groups is 1. The Balaban J connectivity index is 4.64. The van der Waals surface area contributed by atoms with E-state index in [-0.39, 0.29) is 19.0 Å². The lowest BCUT2D eigenvalue weighted by Gasteiger charge is -2.28. The van der Waals surface area contributed by atoms with Crippen LogP contribution in [0.2, 0.25) is 0 Å². The topological polar surface area (TPSA) is 113 Å². The van der Waals surface area contributed by atoms with Crippen LogP contribution in [-0.2, 0) is 9.59 Å². The van der Waals surface area contributed by atoms with Gasteiger partial charge in [0.15, 0.2) is 0 Å². The number of aliphatic carboxylic acids is 1. The summed E-state index contributed by atoms with van der Waals surface area (Å²) >= 11 is 0. The Bertz CT molecular complexity index is 331. The molecule has 7 nitrogen and oxygen atoms in total. The Morgan fingerprint density at radius 1 is 1.32 bits per heavy atom. The number of carbonyl (C=O) groups excluding carboxylic acids is 2. The fraction of sp³-hybridized carbons (Fsp3) is 0.750. The highest BCUT2D eigenvalue weighted by Crippen LogP contribution is 2.05. The van der Waals surface area contributed by atoms with E-state index in [0.717, 1.165) is 6.42 Å². The number of nitrogens with one attached hydrogen (secondary N) is 1. The molecule has 7 heteroatoms. The first-order valence-electron chi connectivity index (χ1n) is 6.35. The molecular formula is C12H23N3O4.